The van der Waals surface area contributed by atoms with E-state index in [0.717, 1.165) is 5.56 Å². The second kappa shape index (κ2) is 8.39. The number of rotatable bonds is 6. The Kier molecular flexibility index (Phi) is 6.00. The van der Waals surface area contributed by atoms with Crippen LogP contribution >= 0.6 is 0 Å². The van der Waals surface area contributed by atoms with Crippen LogP contribution < -0.4 is 5.32 Å². The summed E-state index contributed by atoms with van der Waals surface area (Å²) < 4.78 is 5.01. The molecular weight excluding hydrogens is 324 g/mol. The molecule has 0 aliphatic rings. The number of nitro benzene ring substituents is 1. The van der Waals surface area contributed by atoms with Crippen LogP contribution in [0.15, 0.2) is 60.7 Å². The van der Waals surface area contributed by atoms with Gasteiger partial charge < -0.3 is 10.1 Å². The van der Waals surface area contributed by atoms with E-state index in [2.05, 4.69) is 5.32 Å². The molecule has 2 aromatic carbocycles. The van der Waals surface area contributed by atoms with Crippen molar-refractivity contribution in [2.24, 2.45) is 0 Å². The summed E-state index contributed by atoms with van der Waals surface area (Å²) in [7, 11) is 0. The fraction of sp³-hybridized carbons (Fsp3) is 0.111. The predicted molar refractivity (Wildman–Crippen MR) is 92.8 cm³/mol. The van der Waals surface area contributed by atoms with E-state index in [1.807, 2.05) is 30.3 Å². The van der Waals surface area contributed by atoms with Crippen molar-refractivity contribution in [3.8, 4) is 0 Å². The van der Waals surface area contributed by atoms with Crippen molar-refractivity contribution in [1.82, 2.24) is 0 Å². The molecule has 7 heteroatoms. The first-order valence-electron chi connectivity index (χ1n) is 7.45. The maximum Gasteiger partial charge on any atom is 0.331 e. The zero-order valence-corrected chi connectivity index (χ0v) is 13.4. The topological polar surface area (TPSA) is 98.5 Å². The van der Waals surface area contributed by atoms with Crippen molar-refractivity contribution >= 4 is 29.3 Å². The van der Waals surface area contributed by atoms with Crippen LogP contribution in [-0.4, -0.2) is 22.9 Å². The van der Waals surface area contributed by atoms with Gasteiger partial charge in [-0.2, -0.15) is 0 Å². The van der Waals surface area contributed by atoms with Crippen molar-refractivity contribution < 1.29 is 19.2 Å². The zero-order valence-electron chi connectivity index (χ0n) is 13.4. The fourth-order valence-electron chi connectivity index (χ4n) is 1.94. The molecule has 0 radical (unpaired) electrons. The molecule has 0 aromatic heterocycles. The number of hydrogen-bond donors (Lipinski definition) is 1. The Morgan fingerprint density at radius 3 is 2.56 bits per heavy atom. The van der Waals surface area contributed by atoms with E-state index >= 15 is 0 Å². The van der Waals surface area contributed by atoms with Crippen LogP contribution in [0.3, 0.4) is 0 Å². The Morgan fingerprint density at radius 2 is 1.88 bits per heavy atom. The van der Waals surface area contributed by atoms with Crippen molar-refractivity contribution in [2.45, 2.75) is 13.0 Å². The molecule has 7 nitrogen and oxygen atoms in total. The average molecular weight is 340 g/mol. The number of amides is 1. The number of benzene rings is 2. The minimum absolute atomic E-state index is 0.145. The highest BCUT2D eigenvalue weighted by Crippen LogP contribution is 2.17. The van der Waals surface area contributed by atoms with E-state index in [0.29, 0.717) is 0 Å². The van der Waals surface area contributed by atoms with E-state index in [4.69, 9.17) is 4.74 Å². The number of ether oxygens (including phenoxy) is 1. The summed E-state index contributed by atoms with van der Waals surface area (Å²) >= 11 is 0. The molecule has 0 fully saturated rings. The van der Waals surface area contributed by atoms with Crippen LogP contribution in [0.4, 0.5) is 11.4 Å². The van der Waals surface area contributed by atoms with Crippen molar-refractivity contribution in [1.29, 1.82) is 0 Å². The Morgan fingerprint density at radius 1 is 1.16 bits per heavy atom. The highest BCUT2D eigenvalue weighted by atomic mass is 16.6. The molecule has 128 valence electrons. The van der Waals surface area contributed by atoms with Crippen molar-refractivity contribution in [2.75, 3.05) is 5.32 Å². The number of non-ortho nitro benzene ring substituents is 1. The first-order valence-corrected chi connectivity index (χ1v) is 7.45. The van der Waals surface area contributed by atoms with Gasteiger partial charge in [0.2, 0.25) is 0 Å². The Bertz CT molecular complexity index is 802. The lowest BCUT2D eigenvalue weighted by atomic mass is 10.2. The first kappa shape index (κ1) is 17.9. The van der Waals surface area contributed by atoms with Crippen LogP contribution in [0.5, 0.6) is 0 Å². The quantitative estimate of drug-likeness (QED) is 0.377. The average Bonchev–Trinajstić information content (AvgIpc) is 2.61. The summed E-state index contributed by atoms with van der Waals surface area (Å²) in [5.41, 5.74) is 0.934. The fourth-order valence-corrected chi connectivity index (χ4v) is 1.94. The second-order valence-electron chi connectivity index (χ2n) is 5.12. The van der Waals surface area contributed by atoms with Gasteiger partial charge in [0, 0.05) is 23.9 Å². The summed E-state index contributed by atoms with van der Waals surface area (Å²) in [6.45, 7) is 1.42. The minimum atomic E-state index is -1.05. The van der Waals surface area contributed by atoms with E-state index in [9.17, 15) is 19.7 Å². The molecule has 0 saturated carbocycles. The van der Waals surface area contributed by atoms with Crippen molar-refractivity contribution in [3.05, 3.63) is 76.4 Å². The number of anilines is 1. The molecule has 1 unspecified atom stereocenters. The largest absolute Gasteiger partial charge is 0.449 e. The lowest BCUT2D eigenvalue weighted by Crippen LogP contribution is -2.29. The van der Waals surface area contributed by atoms with Crippen LogP contribution in [0.2, 0.25) is 0 Å². The highest BCUT2D eigenvalue weighted by molar-refractivity contribution is 5.96. The van der Waals surface area contributed by atoms with E-state index in [-0.39, 0.29) is 11.4 Å². The van der Waals surface area contributed by atoms with Gasteiger partial charge in [-0.1, -0.05) is 36.4 Å². The van der Waals surface area contributed by atoms with Gasteiger partial charge in [0.15, 0.2) is 6.10 Å². The summed E-state index contributed by atoms with van der Waals surface area (Å²) in [5.74, 6) is -1.24. The monoisotopic (exact) mass is 340 g/mol. The maximum atomic E-state index is 12.0. The number of nitrogens with zero attached hydrogens (tertiary/aromatic N) is 1. The third kappa shape index (κ3) is 5.58. The number of carbonyl (C=O) groups is 2. The molecule has 0 heterocycles. The van der Waals surface area contributed by atoms with E-state index in [1.54, 1.807) is 6.08 Å². The molecule has 0 aliphatic heterocycles. The van der Waals surface area contributed by atoms with Crippen LogP contribution in [0.1, 0.15) is 12.5 Å². The molecule has 0 spiro atoms. The van der Waals surface area contributed by atoms with E-state index < -0.39 is 22.9 Å². The smallest absolute Gasteiger partial charge is 0.331 e. The lowest BCUT2D eigenvalue weighted by Gasteiger charge is -2.12. The van der Waals surface area contributed by atoms with Gasteiger partial charge in [0.1, 0.15) is 0 Å². The molecule has 1 amide bonds. The molecule has 0 bridgehead atoms. The molecule has 2 aromatic rings. The van der Waals surface area contributed by atoms with Crippen LogP contribution in [0, 0.1) is 10.1 Å². The molecule has 25 heavy (non-hydrogen) atoms. The SMILES string of the molecule is CC(OC(=O)/C=C/c1ccccc1)C(=O)Nc1cccc([N+](=O)[O-])c1. The van der Waals surface area contributed by atoms with E-state index in [1.165, 1.54) is 37.3 Å². The van der Waals surface area contributed by atoms with Gasteiger partial charge in [-0.3, -0.25) is 14.9 Å². The summed E-state index contributed by atoms with van der Waals surface area (Å²) in [4.78, 5) is 33.9. The van der Waals surface area contributed by atoms with Gasteiger partial charge in [-0.25, -0.2) is 4.79 Å². The number of hydrogen-bond acceptors (Lipinski definition) is 5. The number of nitrogens with one attached hydrogen (secondary N) is 1. The Balaban J connectivity index is 1.91. The standard InChI is InChI=1S/C18H16N2O5/c1-13(25-17(21)11-10-14-6-3-2-4-7-14)18(22)19-15-8-5-9-16(12-15)20(23)24/h2-13H,1H3,(H,19,22)/b11-10+. The summed E-state index contributed by atoms with van der Waals surface area (Å²) in [5, 5.41) is 13.2. The number of carbonyl (C=O) groups excluding carboxylic acids is 2. The molecule has 1 N–H and O–H groups in total. The summed E-state index contributed by atoms with van der Waals surface area (Å²) in [6, 6.07) is 14.7. The lowest BCUT2D eigenvalue weighted by molar-refractivity contribution is -0.384. The van der Waals surface area contributed by atoms with Gasteiger partial charge >= 0.3 is 5.97 Å². The van der Waals surface area contributed by atoms with Gasteiger partial charge in [-0.05, 0) is 24.6 Å². The molecule has 2 rings (SSSR count). The Hall–Kier alpha value is -3.48. The molecule has 0 saturated heterocycles. The zero-order chi connectivity index (χ0) is 18.2. The maximum absolute atomic E-state index is 12.0. The second-order valence-corrected chi connectivity index (χ2v) is 5.12. The third-order valence-corrected chi connectivity index (χ3v) is 3.20. The van der Waals surface area contributed by atoms with Crippen molar-refractivity contribution in [3.63, 3.8) is 0 Å². The first-order chi connectivity index (χ1) is 12.0. The van der Waals surface area contributed by atoms with Gasteiger partial charge in [0.25, 0.3) is 11.6 Å². The van der Waals surface area contributed by atoms with Gasteiger partial charge in [0.05, 0.1) is 4.92 Å². The molecule has 1 atom stereocenters. The molecular formula is C18H16N2O5. The Labute approximate surface area is 144 Å². The minimum Gasteiger partial charge on any atom is -0.449 e. The van der Waals surface area contributed by atoms with Crippen LogP contribution in [0.25, 0.3) is 6.08 Å². The van der Waals surface area contributed by atoms with Gasteiger partial charge in [-0.15, -0.1) is 0 Å². The summed E-state index contributed by atoms with van der Waals surface area (Å²) in [6.07, 6.45) is 1.76. The van der Waals surface area contributed by atoms with Crippen LogP contribution in [-0.2, 0) is 14.3 Å². The third-order valence-electron chi connectivity index (χ3n) is 3.20. The number of nitro groups is 1. The predicted octanol–water partition coefficient (Wildman–Crippen LogP) is 3.18. The number of esters is 1. The molecule has 0 aliphatic carbocycles. The normalized spacial score (nSPS) is 11.7. The highest BCUT2D eigenvalue weighted by Gasteiger charge is 2.17.